The van der Waals surface area contributed by atoms with Gasteiger partial charge in [-0.2, -0.15) is 0 Å². The number of carbonyl (C=O) groups is 1. The smallest absolute Gasteiger partial charge is 0.259 e. The molecule has 0 saturated carbocycles. The zero-order valence-electron chi connectivity index (χ0n) is 15.4. The number of amidine groups is 1. The van der Waals surface area contributed by atoms with E-state index in [0.29, 0.717) is 23.0 Å². The molecule has 3 rings (SSSR count). The van der Waals surface area contributed by atoms with E-state index in [1.54, 1.807) is 29.2 Å². The van der Waals surface area contributed by atoms with E-state index in [0.717, 1.165) is 4.31 Å². The Kier molecular flexibility index (Phi) is 5.69. The summed E-state index contributed by atoms with van der Waals surface area (Å²) in [6.45, 7) is 2.60. The summed E-state index contributed by atoms with van der Waals surface area (Å²) in [5.74, 6) is -0.108. The van der Waals surface area contributed by atoms with Crippen molar-refractivity contribution in [3.63, 3.8) is 0 Å². The zero-order valence-corrected chi connectivity index (χ0v) is 17.0. The van der Waals surface area contributed by atoms with Crippen LogP contribution in [0.15, 0.2) is 64.5 Å². The Morgan fingerprint density at radius 1 is 1.15 bits per heavy atom. The molecule has 6 nitrogen and oxygen atoms in total. The minimum atomic E-state index is -3.54. The molecule has 2 aromatic rings. The van der Waals surface area contributed by atoms with Crippen molar-refractivity contribution in [3.8, 4) is 0 Å². The molecule has 0 radical (unpaired) electrons. The van der Waals surface area contributed by atoms with Crippen LogP contribution in [0.5, 0.6) is 0 Å². The van der Waals surface area contributed by atoms with Crippen LogP contribution in [0.3, 0.4) is 0 Å². The number of hydrogen-bond donors (Lipinski definition) is 0. The molecule has 27 heavy (non-hydrogen) atoms. The van der Waals surface area contributed by atoms with Gasteiger partial charge < -0.3 is 0 Å². The summed E-state index contributed by atoms with van der Waals surface area (Å²) >= 11 is 1.51. The number of sulfonamides is 1. The highest BCUT2D eigenvalue weighted by atomic mass is 32.2. The van der Waals surface area contributed by atoms with Crippen molar-refractivity contribution in [2.24, 2.45) is 4.99 Å². The Bertz CT molecular complexity index is 973. The van der Waals surface area contributed by atoms with Crippen LogP contribution in [0.1, 0.15) is 17.3 Å². The summed E-state index contributed by atoms with van der Waals surface area (Å²) < 4.78 is 25.8. The first-order valence-corrected chi connectivity index (χ1v) is 10.8. The molecule has 142 valence electrons. The highest BCUT2D eigenvalue weighted by molar-refractivity contribution is 8.14. The Balaban J connectivity index is 1.94. The Morgan fingerprint density at radius 2 is 1.85 bits per heavy atom. The molecule has 0 spiro atoms. The van der Waals surface area contributed by atoms with Crippen molar-refractivity contribution in [2.75, 3.05) is 20.6 Å². The summed E-state index contributed by atoms with van der Waals surface area (Å²) in [5.41, 5.74) is 1.10. The predicted molar refractivity (Wildman–Crippen MR) is 109 cm³/mol. The molecule has 1 fully saturated rings. The minimum Gasteiger partial charge on any atom is -0.286 e. The van der Waals surface area contributed by atoms with Crippen LogP contribution in [-0.2, 0) is 10.0 Å². The summed E-state index contributed by atoms with van der Waals surface area (Å²) in [7, 11) is -0.562. The van der Waals surface area contributed by atoms with Crippen molar-refractivity contribution in [2.45, 2.75) is 17.1 Å². The number of aliphatic imine (C=N–C) groups is 1. The number of rotatable bonds is 4. The lowest BCUT2D eigenvalue weighted by Gasteiger charge is -2.16. The molecule has 0 unspecified atom stereocenters. The van der Waals surface area contributed by atoms with E-state index in [1.807, 2.05) is 25.1 Å². The third kappa shape index (κ3) is 4.23. The van der Waals surface area contributed by atoms with Crippen LogP contribution in [0.4, 0.5) is 5.69 Å². The first kappa shape index (κ1) is 19.6. The normalized spacial score (nSPS) is 19.0. The number of hydrogen-bond acceptors (Lipinski definition) is 5. The zero-order chi connectivity index (χ0) is 19.6. The SMILES string of the molecule is C[C@H]1CN(C(=O)c2ccccc2)C(=Nc2cccc(S(=O)(=O)N(C)C)c2)S1. The summed E-state index contributed by atoms with van der Waals surface area (Å²) in [6.07, 6.45) is 0. The van der Waals surface area contributed by atoms with Crippen LogP contribution in [0.25, 0.3) is 0 Å². The van der Waals surface area contributed by atoms with Gasteiger partial charge in [-0.05, 0) is 30.3 Å². The van der Waals surface area contributed by atoms with Crippen molar-refractivity contribution in [3.05, 3.63) is 60.2 Å². The van der Waals surface area contributed by atoms with Crippen LogP contribution in [0, 0.1) is 0 Å². The van der Waals surface area contributed by atoms with Crippen LogP contribution < -0.4 is 0 Å². The quantitative estimate of drug-likeness (QED) is 0.786. The van der Waals surface area contributed by atoms with Crippen molar-refractivity contribution < 1.29 is 13.2 Å². The van der Waals surface area contributed by atoms with E-state index in [9.17, 15) is 13.2 Å². The Hall–Kier alpha value is -2.16. The fraction of sp³-hybridized carbons (Fsp3) is 0.263. The van der Waals surface area contributed by atoms with E-state index in [4.69, 9.17) is 0 Å². The lowest BCUT2D eigenvalue weighted by molar-refractivity contribution is 0.0855. The van der Waals surface area contributed by atoms with Crippen LogP contribution >= 0.6 is 11.8 Å². The van der Waals surface area contributed by atoms with E-state index in [-0.39, 0.29) is 16.1 Å². The van der Waals surface area contributed by atoms with Gasteiger partial charge in [-0.25, -0.2) is 17.7 Å². The van der Waals surface area contributed by atoms with E-state index in [1.165, 1.54) is 38.0 Å². The van der Waals surface area contributed by atoms with Gasteiger partial charge in [-0.15, -0.1) is 0 Å². The predicted octanol–water partition coefficient (Wildman–Crippen LogP) is 3.20. The van der Waals surface area contributed by atoms with Gasteiger partial charge in [0.2, 0.25) is 10.0 Å². The Labute approximate surface area is 163 Å². The second-order valence-corrected chi connectivity index (χ2v) is 9.95. The molecule has 0 bridgehead atoms. The molecular formula is C19H21N3O3S2. The first-order chi connectivity index (χ1) is 12.8. The highest BCUT2D eigenvalue weighted by Crippen LogP contribution is 2.30. The fourth-order valence-corrected chi connectivity index (χ4v) is 4.61. The molecule has 0 aliphatic carbocycles. The molecule has 1 aliphatic rings. The lowest BCUT2D eigenvalue weighted by Crippen LogP contribution is -2.32. The van der Waals surface area contributed by atoms with Crippen molar-refractivity contribution >= 4 is 38.5 Å². The second kappa shape index (κ2) is 7.84. The molecule has 2 aromatic carbocycles. The lowest BCUT2D eigenvalue weighted by atomic mass is 10.2. The first-order valence-electron chi connectivity index (χ1n) is 8.44. The maximum absolute atomic E-state index is 12.8. The van der Waals surface area contributed by atoms with Crippen molar-refractivity contribution in [1.82, 2.24) is 9.21 Å². The van der Waals surface area contributed by atoms with Crippen LogP contribution in [0.2, 0.25) is 0 Å². The highest BCUT2D eigenvalue weighted by Gasteiger charge is 2.31. The maximum Gasteiger partial charge on any atom is 0.259 e. The van der Waals surface area contributed by atoms with Gasteiger partial charge in [0.25, 0.3) is 5.91 Å². The fourth-order valence-electron chi connectivity index (χ4n) is 2.64. The number of amides is 1. The van der Waals surface area contributed by atoms with Crippen LogP contribution in [-0.4, -0.2) is 54.6 Å². The third-order valence-corrected chi connectivity index (χ3v) is 6.95. The molecule has 1 aliphatic heterocycles. The molecule has 0 aromatic heterocycles. The standard InChI is InChI=1S/C19H21N3O3S2/c1-14-13-22(18(23)15-8-5-4-6-9-15)19(26-14)20-16-10-7-11-17(12-16)27(24,25)21(2)3/h4-12,14H,13H2,1-3H3/t14-/m0/s1. The maximum atomic E-state index is 12.8. The average molecular weight is 404 g/mol. The summed E-state index contributed by atoms with van der Waals surface area (Å²) in [6, 6.07) is 15.5. The van der Waals surface area contributed by atoms with Gasteiger partial charge in [0, 0.05) is 31.5 Å². The van der Waals surface area contributed by atoms with E-state index in [2.05, 4.69) is 4.99 Å². The van der Waals surface area contributed by atoms with Gasteiger partial charge in [0.05, 0.1) is 10.6 Å². The number of thioether (sulfide) groups is 1. The summed E-state index contributed by atoms with van der Waals surface area (Å²) in [5, 5.41) is 0.792. The van der Waals surface area contributed by atoms with E-state index < -0.39 is 10.0 Å². The molecular weight excluding hydrogens is 382 g/mol. The Morgan fingerprint density at radius 3 is 2.52 bits per heavy atom. The van der Waals surface area contributed by atoms with E-state index >= 15 is 0 Å². The monoisotopic (exact) mass is 403 g/mol. The molecule has 1 saturated heterocycles. The van der Waals surface area contributed by atoms with Gasteiger partial charge in [0.1, 0.15) is 0 Å². The molecule has 8 heteroatoms. The minimum absolute atomic E-state index is 0.108. The van der Waals surface area contributed by atoms with Gasteiger partial charge in [-0.1, -0.05) is 43.0 Å². The average Bonchev–Trinajstić information content (AvgIpc) is 3.02. The molecule has 1 atom stereocenters. The number of benzene rings is 2. The van der Waals surface area contributed by atoms with Gasteiger partial charge in [0.15, 0.2) is 5.17 Å². The molecule has 1 heterocycles. The second-order valence-electron chi connectivity index (χ2n) is 6.39. The third-order valence-electron chi connectivity index (χ3n) is 4.06. The number of nitrogens with zero attached hydrogens (tertiary/aromatic N) is 3. The topological polar surface area (TPSA) is 70.0 Å². The summed E-state index contributed by atoms with van der Waals surface area (Å²) in [4.78, 5) is 19.2. The van der Waals surface area contributed by atoms with Gasteiger partial charge in [-0.3, -0.25) is 9.69 Å². The number of carbonyl (C=O) groups excluding carboxylic acids is 1. The van der Waals surface area contributed by atoms with Gasteiger partial charge >= 0.3 is 0 Å². The largest absolute Gasteiger partial charge is 0.286 e. The van der Waals surface area contributed by atoms with Crippen molar-refractivity contribution in [1.29, 1.82) is 0 Å². The molecule has 0 N–H and O–H groups in total. The molecule has 1 amide bonds.